The fourth-order valence-electron chi connectivity index (χ4n) is 2.70. The molecule has 0 aliphatic carbocycles. The molecule has 0 aliphatic heterocycles. The van der Waals surface area contributed by atoms with Crippen LogP contribution in [0.1, 0.15) is 20.9 Å². The van der Waals surface area contributed by atoms with Crippen LogP contribution in [0.4, 0.5) is 9.52 Å². The zero-order valence-electron chi connectivity index (χ0n) is 15.1. The van der Waals surface area contributed by atoms with E-state index in [0.29, 0.717) is 17.2 Å². The summed E-state index contributed by atoms with van der Waals surface area (Å²) in [5, 5.41) is 7.28. The molecule has 0 saturated heterocycles. The number of benzene rings is 2. The summed E-state index contributed by atoms with van der Waals surface area (Å²) in [4.78, 5) is 29.8. The van der Waals surface area contributed by atoms with Gasteiger partial charge in [0, 0.05) is 23.6 Å². The molecular formula is C21H15FN4O2S. The average Bonchev–Trinajstić information content (AvgIpc) is 3.17. The molecule has 4 aromatic rings. The van der Waals surface area contributed by atoms with E-state index in [9.17, 15) is 14.0 Å². The van der Waals surface area contributed by atoms with Gasteiger partial charge in [-0.2, -0.15) is 9.78 Å². The lowest BCUT2D eigenvalue weighted by atomic mass is 10.1. The Bertz CT molecular complexity index is 1200. The van der Waals surface area contributed by atoms with Gasteiger partial charge in [-0.05, 0) is 35.9 Å². The zero-order valence-corrected chi connectivity index (χ0v) is 15.9. The third-order valence-electron chi connectivity index (χ3n) is 4.10. The van der Waals surface area contributed by atoms with Crippen molar-refractivity contribution in [3.05, 3.63) is 105 Å². The lowest BCUT2D eigenvalue weighted by molar-refractivity contribution is 0.102. The van der Waals surface area contributed by atoms with Gasteiger partial charge in [-0.1, -0.05) is 30.3 Å². The molecule has 29 heavy (non-hydrogen) atoms. The first-order valence-corrected chi connectivity index (χ1v) is 9.56. The van der Waals surface area contributed by atoms with Crippen LogP contribution >= 0.6 is 11.3 Å². The number of rotatable bonds is 5. The van der Waals surface area contributed by atoms with Crippen LogP contribution in [0, 0.1) is 5.82 Å². The minimum atomic E-state index is -0.461. The van der Waals surface area contributed by atoms with Crippen molar-refractivity contribution in [3.8, 4) is 5.69 Å². The Kier molecular flexibility index (Phi) is 5.26. The van der Waals surface area contributed by atoms with Crippen molar-refractivity contribution < 1.29 is 9.18 Å². The first-order chi connectivity index (χ1) is 14.1. The molecule has 0 atom stereocenters. The molecule has 0 spiro atoms. The lowest BCUT2D eigenvalue weighted by Crippen LogP contribution is -2.24. The van der Waals surface area contributed by atoms with E-state index < -0.39 is 5.91 Å². The van der Waals surface area contributed by atoms with Crippen molar-refractivity contribution in [2.24, 2.45) is 0 Å². The van der Waals surface area contributed by atoms with Gasteiger partial charge in [-0.25, -0.2) is 9.37 Å². The number of anilines is 1. The van der Waals surface area contributed by atoms with Gasteiger partial charge in [-0.15, -0.1) is 11.3 Å². The van der Waals surface area contributed by atoms with Crippen LogP contribution in [-0.4, -0.2) is 20.7 Å². The summed E-state index contributed by atoms with van der Waals surface area (Å²) < 4.78 is 14.2. The molecule has 0 bridgehead atoms. The zero-order chi connectivity index (χ0) is 20.2. The molecular weight excluding hydrogens is 391 g/mol. The Labute approximate surface area is 169 Å². The highest BCUT2D eigenvalue weighted by Gasteiger charge is 2.13. The van der Waals surface area contributed by atoms with Crippen LogP contribution in [0.25, 0.3) is 5.69 Å². The van der Waals surface area contributed by atoms with Crippen molar-refractivity contribution >= 4 is 22.4 Å². The van der Waals surface area contributed by atoms with Gasteiger partial charge in [-0.3, -0.25) is 14.9 Å². The van der Waals surface area contributed by atoms with Crippen LogP contribution in [0.2, 0.25) is 0 Å². The summed E-state index contributed by atoms with van der Waals surface area (Å²) in [6.07, 6.45) is 2.26. The molecule has 2 heterocycles. The number of nitrogens with one attached hydrogen (secondary N) is 1. The molecule has 144 valence electrons. The van der Waals surface area contributed by atoms with E-state index in [4.69, 9.17) is 0 Å². The first-order valence-electron chi connectivity index (χ1n) is 8.75. The molecule has 4 rings (SSSR count). The Balaban J connectivity index is 1.49. The number of para-hydroxylation sites is 1. The van der Waals surface area contributed by atoms with Gasteiger partial charge in [0.1, 0.15) is 11.5 Å². The normalized spacial score (nSPS) is 10.7. The van der Waals surface area contributed by atoms with E-state index in [1.54, 1.807) is 42.6 Å². The minimum Gasteiger partial charge on any atom is -0.296 e. The van der Waals surface area contributed by atoms with Crippen molar-refractivity contribution in [2.75, 3.05) is 5.32 Å². The number of carbonyl (C=O) groups excluding carboxylic acids is 1. The fourth-order valence-corrected chi connectivity index (χ4v) is 3.54. The maximum Gasteiger partial charge on any atom is 0.277 e. The molecule has 1 amide bonds. The first kappa shape index (κ1) is 18.7. The Morgan fingerprint density at radius 2 is 1.79 bits per heavy atom. The molecule has 2 aromatic carbocycles. The van der Waals surface area contributed by atoms with E-state index in [1.807, 2.05) is 6.07 Å². The quantitative estimate of drug-likeness (QED) is 0.549. The molecule has 0 aliphatic rings. The number of hydrogen-bond donors (Lipinski definition) is 1. The van der Waals surface area contributed by atoms with Crippen molar-refractivity contribution in [2.45, 2.75) is 6.42 Å². The fraction of sp³-hybridized carbons (Fsp3) is 0.0476. The number of aromatic nitrogens is 3. The second kappa shape index (κ2) is 8.15. The summed E-state index contributed by atoms with van der Waals surface area (Å²) in [6, 6.07) is 17.8. The largest absolute Gasteiger partial charge is 0.296 e. The molecule has 0 radical (unpaired) electrons. The Morgan fingerprint density at radius 3 is 2.55 bits per heavy atom. The van der Waals surface area contributed by atoms with Crippen LogP contribution in [0.15, 0.2) is 77.7 Å². The van der Waals surface area contributed by atoms with E-state index in [-0.39, 0.29) is 17.1 Å². The van der Waals surface area contributed by atoms with Gasteiger partial charge >= 0.3 is 0 Å². The Morgan fingerprint density at radius 1 is 1.03 bits per heavy atom. The third-order valence-corrected chi connectivity index (χ3v) is 5.01. The third kappa shape index (κ3) is 4.44. The van der Waals surface area contributed by atoms with Crippen molar-refractivity contribution in [3.63, 3.8) is 0 Å². The SMILES string of the molecule is O=C(Nc1ncc(Cc2ccc(F)cc2)s1)c1ccc(=O)n(-c2ccccc2)n1. The highest BCUT2D eigenvalue weighted by Crippen LogP contribution is 2.21. The van der Waals surface area contributed by atoms with Crippen LogP contribution in [0.3, 0.4) is 0 Å². The maximum atomic E-state index is 13.0. The number of amides is 1. The predicted octanol–water partition coefficient (Wildman–Crippen LogP) is 3.67. The van der Waals surface area contributed by atoms with Gasteiger partial charge in [0.05, 0.1) is 5.69 Å². The predicted molar refractivity (Wildman–Crippen MR) is 109 cm³/mol. The topological polar surface area (TPSA) is 76.9 Å². The second-order valence-corrected chi connectivity index (χ2v) is 7.31. The molecule has 0 fully saturated rings. The summed E-state index contributed by atoms with van der Waals surface area (Å²) in [7, 11) is 0. The van der Waals surface area contributed by atoms with E-state index >= 15 is 0 Å². The summed E-state index contributed by atoms with van der Waals surface area (Å²) in [5.74, 6) is -0.743. The van der Waals surface area contributed by atoms with Gasteiger partial charge in [0.25, 0.3) is 11.5 Å². The standard InChI is InChI=1S/C21H15FN4O2S/c22-15-8-6-14(7-9-15)12-17-13-23-21(29-17)24-20(28)18-10-11-19(27)26(25-18)16-4-2-1-3-5-16/h1-11,13H,12H2,(H,23,24,28). The Hall–Kier alpha value is -3.65. The highest BCUT2D eigenvalue weighted by molar-refractivity contribution is 7.15. The van der Waals surface area contributed by atoms with Gasteiger partial charge in [0.15, 0.2) is 5.13 Å². The van der Waals surface area contributed by atoms with Gasteiger partial charge < -0.3 is 0 Å². The van der Waals surface area contributed by atoms with Gasteiger partial charge in [0.2, 0.25) is 0 Å². The van der Waals surface area contributed by atoms with E-state index in [0.717, 1.165) is 10.4 Å². The molecule has 8 heteroatoms. The smallest absolute Gasteiger partial charge is 0.277 e. The monoisotopic (exact) mass is 406 g/mol. The van der Waals surface area contributed by atoms with Crippen LogP contribution in [0.5, 0.6) is 0 Å². The summed E-state index contributed by atoms with van der Waals surface area (Å²) in [5.41, 5.74) is 1.29. The highest BCUT2D eigenvalue weighted by atomic mass is 32.1. The van der Waals surface area contributed by atoms with E-state index in [2.05, 4.69) is 15.4 Å². The summed E-state index contributed by atoms with van der Waals surface area (Å²) >= 11 is 1.33. The lowest BCUT2D eigenvalue weighted by Gasteiger charge is -2.06. The minimum absolute atomic E-state index is 0.101. The van der Waals surface area contributed by atoms with Crippen molar-refractivity contribution in [1.82, 2.24) is 14.8 Å². The van der Waals surface area contributed by atoms with Crippen LogP contribution < -0.4 is 10.9 Å². The molecule has 0 unspecified atom stereocenters. The second-order valence-electron chi connectivity index (χ2n) is 6.19. The number of halogens is 1. The number of hydrogen-bond acceptors (Lipinski definition) is 5. The van der Waals surface area contributed by atoms with Crippen molar-refractivity contribution in [1.29, 1.82) is 0 Å². The molecule has 6 nitrogen and oxygen atoms in total. The van der Waals surface area contributed by atoms with E-state index in [1.165, 1.54) is 40.3 Å². The van der Waals surface area contributed by atoms with Crippen LogP contribution in [-0.2, 0) is 6.42 Å². The number of thiazole rings is 1. The molecule has 0 saturated carbocycles. The number of carbonyl (C=O) groups is 1. The number of nitrogens with zero attached hydrogens (tertiary/aromatic N) is 3. The average molecular weight is 406 g/mol. The molecule has 2 aromatic heterocycles. The molecule has 1 N–H and O–H groups in total. The summed E-state index contributed by atoms with van der Waals surface area (Å²) in [6.45, 7) is 0. The maximum absolute atomic E-state index is 13.0.